The van der Waals surface area contributed by atoms with Crippen LogP contribution in [0.3, 0.4) is 0 Å². The van der Waals surface area contributed by atoms with Gasteiger partial charge in [-0.05, 0) is 23.8 Å². The first kappa shape index (κ1) is 12.9. The molecule has 0 N–H and O–H groups in total. The molecule has 21 heavy (non-hydrogen) atoms. The van der Waals surface area contributed by atoms with E-state index in [1.54, 1.807) is 18.3 Å². The lowest BCUT2D eigenvalue weighted by Gasteiger charge is -2.11. The van der Waals surface area contributed by atoms with Crippen LogP contribution in [-0.2, 0) is 0 Å². The summed E-state index contributed by atoms with van der Waals surface area (Å²) in [4.78, 5) is 4.01. The lowest BCUT2D eigenvalue weighted by atomic mass is 10.0. The van der Waals surface area contributed by atoms with Crippen LogP contribution in [-0.4, -0.2) is 4.98 Å². The summed E-state index contributed by atoms with van der Waals surface area (Å²) in [7, 11) is 0. The Morgan fingerprint density at radius 2 is 1.52 bits per heavy atom. The molecule has 0 unspecified atom stereocenters. The van der Waals surface area contributed by atoms with E-state index in [9.17, 15) is 0 Å². The van der Waals surface area contributed by atoms with Gasteiger partial charge in [0.05, 0.1) is 0 Å². The molecule has 1 heterocycles. The van der Waals surface area contributed by atoms with Crippen molar-refractivity contribution < 1.29 is 4.74 Å². The van der Waals surface area contributed by atoms with Crippen molar-refractivity contribution in [2.24, 2.45) is 0 Å². The summed E-state index contributed by atoms with van der Waals surface area (Å²) in [6, 6.07) is 23.3. The van der Waals surface area contributed by atoms with Crippen molar-refractivity contribution in [3.8, 4) is 28.7 Å². The molecule has 0 saturated carbocycles. The minimum atomic E-state index is 0.278. The standard InChI is InChI=1S/C18H12N2O/c19-13-16-18(11-6-12-20-16)21-17-10-5-4-9-15(17)14-7-2-1-3-8-14/h1-12H. The van der Waals surface area contributed by atoms with Gasteiger partial charge >= 0.3 is 0 Å². The maximum atomic E-state index is 9.09. The number of hydrogen-bond donors (Lipinski definition) is 0. The van der Waals surface area contributed by atoms with E-state index in [1.165, 1.54) is 0 Å². The van der Waals surface area contributed by atoms with Crippen LogP contribution in [0, 0.1) is 11.3 Å². The molecule has 0 amide bonds. The average molecular weight is 272 g/mol. The van der Waals surface area contributed by atoms with Crippen LogP contribution in [0.5, 0.6) is 11.5 Å². The molecular weight excluding hydrogens is 260 g/mol. The van der Waals surface area contributed by atoms with Gasteiger partial charge in [0.1, 0.15) is 11.8 Å². The van der Waals surface area contributed by atoms with E-state index in [2.05, 4.69) is 4.98 Å². The highest BCUT2D eigenvalue weighted by atomic mass is 16.5. The predicted molar refractivity (Wildman–Crippen MR) is 80.9 cm³/mol. The SMILES string of the molecule is N#Cc1ncccc1Oc1ccccc1-c1ccccc1. The van der Waals surface area contributed by atoms with Gasteiger partial charge in [-0.2, -0.15) is 5.26 Å². The van der Waals surface area contributed by atoms with Crippen molar-refractivity contribution in [2.75, 3.05) is 0 Å². The van der Waals surface area contributed by atoms with Gasteiger partial charge in [0, 0.05) is 11.8 Å². The molecule has 0 radical (unpaired) electrons. The fraction of sp³-hybridized carbons (Fsp3) is 0. The summed E-state index contributed by atoms with van der Waals surface area (Å²) in [5.41, 5.74) is 2.32. The van der Waals surface area contributed by atoms with E-state index in [0.717, 1.165) is 11.1 Å². The third-order valence-corrected chi connectivity index (χ3v) is 3.07. The Hall–Kier alpha value is -3.12. The molecule has 0 saturated heterocycles. The summed E-state index contributed by atoms with van der Waals surface area (Å²) in [5.74, 6) is 1.16. The van der Waals surface area contributed by atoms with E-state index >= 15 is 0 Å². The van der Waals surface area contributed by atoms with Crippen LogP contribution in [0.25, 0.3) is 11.1 Å². The normalized spacial score (nSPS) is 9.86. The number of pyridine rings is 1. The number of nitrogens with zero attached hydrogens (tertiary/aromatic N) is 2. The minimum Gasteiger partial charge on any atom is -0.454 e. The van der Waals surface area contributed by atoms with Crippen molar-refractivity contribution in [3.05, 3.63) is 78.6 Å². The lowest BCUT2D eigenvalue weighted by Crippen LogP contribution is -1.92. The van der Waals surface area contributed by atoms with Gasteiger partial charge in [0.25, 0.3) is 0 Å². The third-order valence-electron chi connectivity index (χ3n) is 3.07. The minimum absolute atomic E-state index is 0.278. The van der Waals surface area contributed by atoms with Crippen LogP contribution < -0.4 is 4.74 Å². The Kier molecular flexibility index (Phi) is 3.62. The monoisotopic (exact) mass is 272 g/mol. The first-order chi connectivity index (χ1) is 10.4. The van der Waals surface area contributed by atoms with E-state index in [0.29, 0.717) is 11.5 Å². The van der Waals surface area contributed by atoms with Crippen LogP contribution >= 0.6 is 0 Å². The number of benzene rings is 2. The molecule has 3 nitrogen and oxygen atoms in total. The topological polar surface area (TPSA) is 45.9 Å². The second kappa shape index (κ2) is 5.89. The first-order valence-electron chi connectivity index (χ1n) is 6.56. The van der Waals surface area contributed by atoms with Crippen LogP contribution in [0.2, 0.25) is 0 Å². The van der Waals surface area contributed by atoms with Gasteiger partial charge in [-0.25, -0.2) is 4.98 Å². The molecule has 100 valence electrons. The first-order valence-corrected chi connectivity index (χ1v) is 6.56. The molecule has 0 aliphatic heterocycles. The van der Waals surface area contributed by atoms with Gasteiger partial charge in [0.2, 0.25) is 0 Å². The van der Waals surface area contributed by atoms with E-state index in [4.69, 9.17) is 10.00 Å². The molecule has 0 aliphatic carbocycles. The van der Waals surface area contributed by atoms with Gasteiger partial charge in [-0.1, -0.05) is 48.5 Å². The Balaban J connectivity index is 2.03. The number of nitriles is 1. The third kappa shape index (κ3) is 2.75. The molecule has 0 bridgehead atoms. The van der Waals surface area contributed by atoms with E-state index < -0.39 is 0 Å². The highest BCUT2D eigenvalue weighted by Gasteiger charge is 2.09. The zero-order valence-corrected chi connectivity index (χ0v) is 11.2. The fourth-order valence-electron chi connectivity index (χ4n) is 2.09. The number of hydrogen-bond acceptors (Lipinski definition) is 3. The fourth-order valence-corrected chi connectivity index (χ4v) is 2.09. The molecule has 0 spiro atoms. The summed E-state index contributed by atoms with van der Waals surface area (Å²) in [6.45, 7) is 0. The Bertz CT molecular complexity index is 792. The molecule has 2 aromatic carbocycles. The zero-order valence-electron chi connectivity index (χ0n) is 11.2. The van der Waals surface area contributed by atoms with Gasteiger partial charge in [-0.15, -0.1) is 0 Å². The number of para-hydroxylation sites is 1. The van der Waals surface area contributed by atoms with Crippen molar-refractivity contribution in [3.63, 3.8) is 0 Å². The zero-order chi connectivity index (χ0) is 14.5. The molecule has 0 aliphatic rings. The largest absolute Gasteiger partial charge is 0.454 e. The highest BCUT2D eigenvalue weighted by Crippen LogP contribution is 2.33. The quantitative estimate of drug-likeness (QED) is 0.709. The van der Waals surface area contributed by atoms with Gasteiger partial charge in [-0.3, -0.25) is 0 Å². The van der Waals surface area contributed by atoms with E-state index in [1.807, 2.05) is 60.7 Å². The lowest BCUT2D eigenvalue weighted by molar-refractivity contribution is 0.480. The van der Waals surface area contributed by atoms with Crippen molar-refractivity contribution in [1.29, 1.82) is 5.26 Å². The smallest absolute Gasteiger partial charge is 0.183 e. The summed E-state index contributed by atoms with van der Waals surface area (Å²) < 4.78 is 5.90. The molecular formula is C18H12N2O. The maximum absolute atomic E-state index is 9.09. The summed E-state index contributed by atoms with van der Waals surface area (Å²) >= 11 is 0. The second-order valence-electron chi connectivity index (χ2n) is 4.43. The number of aromatic nitrogens is 1. The number of ether oxygens (including phenoxy) is 1. The second-order valence-corrected chi connectivity index (χ2v) is 4.43. The Morgan fingerprint density at radius 1 is 0.810 bits per heavy atom. The van der Waals surface area contributed by atoms with Crippen LogP contribution in [0.15, 0.2) is 72.9 Å². The predicted octanol–water partition coefficient (Wildman–Crippen LogP) is 4.41. The Labute approximate surface area is 123 Å². The molecule has 3 rings (SSSR count). The van der Waals surface area contributed by atoms with Gasteiger partial charge in [0.15, 0.2) is 11.4 Å². The molecule has 0 atom stereocenters. The van der Waals surface area contributed by atoms with Crippen molar-refractivity contribution in [2.45, 2.75) is 0 Å². The van der Waals surface area contributed by atoms with Crippen LogP contribution in [0.1, 0.15) is 5.69 Å². The average Bonchev–Trinajstić information content (AvgIpc) is 2.57. The van der Waals surface area contributed by atoms with Gasteiger partial charge < -0.3 is 4.74 Å². The summed E-state index contributed by atoms with van der Waals surface area (Å²) in [5, 5.41) is 9.09. The van der Waals surface area contributed by atoms with Crippen molar-refractivity contribution >= 4 is 0 Å². The number of rotatable bonds is 3. The molecule has 1 aromatic heterocycles. The van der Waals surface area contributed by atoms with Crippen LogP contribution in [0.4, 0.5) is 0 Å². The maximum Gasteiger partial charge on any atom is 0.183 e. The highest BCUT2D eigenvalue weighted by molar-refractivity contribution is 5.70. The summed E-state index contributed by atoms with van der Waals surface area (Å²) in [6.07, 6.45) is 1.58. The van der Waals surface area contributed by atoms with E-state index in [-0.39, 0.29) is 5.69 Å². The Morgan fingerprint density at radius 3 is 2.33 bits per heavy atom. The molecule has 0 fully saturated rings. The van der Waals surface area contributed by atoms with Crippen molar-refractivity contribution in [1.82, 2.24) is 4.98 Å². The molecule has 3 heteroatoms. The molecule has 3 aromatic rings.